The average molecular weight is 232 g/mol. The number of carbonyl (C=O) groups is 2. The van der Waals surface area contributed by atoms with E-state index >= 15 is 0 Å². The molecule has 0 bridgehead atoms. The highest BCUT2D eigenvalue weighted by molar-refractivity contribution is 5.97. The van der Waals surface area contributed by atoms with Crippen LogP contribution in [0.2, 0.25) is 0 Å². The maximum Gasteiger partial charge on any atom is 0.259 e. The van der Waals surface area contributed by atoms with Gasteiger partial charge < -0.3 is 5.73 Å². The molecule has 1 saturated heterocycles. The number of nitrogens with two attached hydrogens (primary N) is 1. The van der Waals surface area contributed by atoms with Crippen LogP contribution in [0.25, 0.3) is 0 Å². The highest BCUT2D eigenvalue weighted by atomic mass is 35.5. The summed E-state index contributed by atoms with van der Waals surface area (Å²) >= 11 is 0. The van der Waals surface area contributed by atoms with Gasteiger partial charge in [-0.1, -0.05) is 6.92 Å². The van der Waals surface area contributed by atoms with Gasteiger partial charge in [-0.05, 0) is 0 Å². The van der Waals surface area contributed by atoms with Gasteiger partial charge in [-0.25, -0.2) is 10.0 Å². The predicted molar refractivity (Wildman–Crippen MR) is 57.0 cm³/mol. The molecule has 0 saturated carbocycles. The van der Waals surface area contributed by atoms with Gasteiger partial charge in [0.2, 0.25) is 0 Å². The van der Waals surface area contributed by atoms with Crippen LogP contribution in [0.5, 0.6) is 0 Å². The minimum atomic E-state index is -0.440. The quantitative estimate of drug-likeness (QED) is 0.707. The molecular formula is C9H14ClN3O2. The molecule has 6 heteroatoms. The summed E-state index contributed by atoms with van der Waals surface area (Å²) in [5.41, 5.74) is 6.28. The van der Waals surface area contributed by atoms with Crippen molar-refractivity contribution < 1.29 is 9.59 Å². The number of hydrazine groups is 1. The minimum absolute atomic E-state index is 0. The van der Waals surface area contributed by atoms with Gasteiger partial charge in [-0.3, -0.25) is 9.59 Å². The molecule has 0 aliphatic carbocycles. The first-order valence-electron chi connectivity index (χ1n) is 4.71. The summed E-state index contributed by atoms with van der Waals surface area (Å²) < 4.78 is 0. The molecule has 15 heavy (non-hydrogen) atoms. The molecule has 1 atom stereocenters. The van der Waals surface area contributed by atoms with Gasteiger partial charge in [0.1, 0.15) is 6.04 Å². The first kappa shape index (κ1) is 12.2. The number of amides is 1. The minimum Gasteiger partial charge on any atom is -0.319 e. The van der Waals surface area contributed by atoms with Crippen molar-refractivity contribution in [1.29, 1.82) is 0 Å². The highest BCUT2D eigenvalue weighted by Gasteiger charge is 2.39. The van der Waals surface area contributed by atoms with Crippen molar-refractivity contribution in [2.24, 2.45) is 5.73 Å². The van der Waals surface area contributed by atoms with Crippen molar-refractivity contribution >= 4 is 24.1 Å². The van der Waals surface area contributed by atoms with Crippen LogP contribution < -0.4 is 5.73 Å². The summed E-state index contributed by atoms with van der Waals surface area (Å²) in [5, 5.41) is 3.27. The summed E-state index contributed by atoms with van der Waals surface area (Å²) in [6.07, 6.45) is 2.09. The fraction of sp³-hybridized carbons (Fsp3) is 0.556. The molecule has 2 rings (SSSR count). The van der Waals surface area contributed by atoms with Crippen molar-refractivity contribution in [2.45, 2.75) is 19.4 Å². The van der Waals surface area contributed by atoms with Crippen LogP contribution in [-0.4, -0.2) is 40.8 Å². The molecule has 2 heterocycles. The third-order valence-electron chi connectivity index (χ3n) is 2.57. The average Bonchev–Trinajstić information content (AvgIpc) is 2.68. The van der Waals surface area contributed by atoms with Crippen molar-refractivity contribution in [1.82, 2.24) is 10.0 Å². The van der Waals surface area contributed by atoms with E-state index in [1.807, 2.05) is 6.92 Å². The zero-order valence-electron chi connectivity index (χ0n) is 8.47. The summed E-state index contributed by atoms with van der Waals surface area (Å²) in [4.78, 5) is 22.8. The molecular weight excluding hydrogens is 218 g/mol. The van der Waals surface area contributed by atoms with Crippen LogP contribution in [0.15, 0.2) is 11.8 Å². The Morgan fingerprint density at radius 1 is 1.67 bits per heavy atom. The van der Waals surface area contributed by atoms with E-state index in [4.69, 9.17) is 5.73 Å². The number of hydrogen-bond donors (Lipinski definition) is 1. The molecule has 2 aliphatic rings. The molecule has 0 radical (unpaired) electrons. The summed E-state index contributed by atoms with van der Waals surface area (Å²) in [6, 6.07) is -0.440. The van der Waals surface area contributed by atoms with Gasteiger partial charge >= 0.3 is 0 Å². The maximum absolute atomic E-state index is 11.4. The lowest BCUT2D eigenvalue weighted by Crippen LogP contribution is -2.32. The van der Waals surface area contributed by atoms with E-state index in [-0.39, 0.29) is 24.1 Å². The Morgan fingerprint density at radius 3 is 2.87 bits per heavy atom. The number of fused-ring (bicyclic) bond motifs is 1. The van der Waals surface area contributed by atoms with Gasteiger partial charge in [0.05, 0.1) is 0 Å². The van der Waals surface area contributed by atoms with Crippen molar-refractivity contribution in [3.8, 4) is 0 Å². The third-order valence-corrected chi connectivity index (χ3v) is 2.57. The summed E-state index contributed by atoms with van der Waals surface area (Å²) in [5.74, 6) is -0.0234. The number of rotatable bonds is 2. The van der Waals surface area contributed by atoms with E-state index in [0.29, 0.717) is 25.1 Å². The second-order valence-electron chi connectivity index (χ2n) is 3.57. The van der Waals surface area contributed by atoms with E-state index < -0.39 is 6.04 Å². The number of hydrogen-bond acceptors (Lipinski definition) is 4. The third kappa shape index (κ3) is 1.90. The zero-order valence-corrected chi connectivity index (χ0v) is 9.29. The monoisotopic (exact) mass is 231 g/mol. The van der Waals surface area contributed by atoms with Crippen LogP contribution >= 0.6 is 12.4 Å². The molecule has 0 aromatic carbocycles. The Labute approximate surface area is 94.3 Å². The Kier molecular flexibility index (Phi) is 3.49. The molecule has 0 aromatic heterocycles. The van der Waals surface area contributed by atoms with Crippen LogP contribution in [-0.2, 0) is 9.59 Å². The fourth-order valence-electron chi connectivity index (χ4n) is 1.76. The first-order chi connectivity index (χ1) is 6.63. The number of ketones is 1. The van der Waals surface area contributed by atoms with Crippen molar-refractivity contribution in [3.63, 3.8) is 0 Å². The van der Waals surface area contributed by atoms with E-state index in [0.717, 1.165) is 0 Å². The number of Topliss-reactive ketones (excluding diaryl/α,β-unsaturated/α-hetero) is 1. The standard InChI is InChI=1S/C9H13N3O2.ClH/c1-2-8(13)6-3-11-5-7(10)9(14)12(11)4-6;/h4,7H,2-3,5,10H2,1H3;1H. The molecule has 0 spiro atoms. The predicted octanol–water partition coefficient (Wildman–Crippen LogP) is -0.329. The molecule has 1 amide bonds. The van der Waals surface area contributed by atoms with Gasteiger partial charge in [-0.15, -0.1) is 12.4 Å². The fourth-order valence-corrected chi connectivity index (χ4v) is 1.76. The molecule has 2 aliphatic heterocycles. The Hall–Kier alpha value is -0.910. The first-order valence-corrected chi connectivity index (χ1v) is 4.71. The second-order valence-corrected chi connectivity index (χ2v) is 3.57. The highest BCUT2D eigenvalue weighted by Crippen LogP contribution is 2.22. The SMILES string of the molecule is CCC(=O)C1=CN2C(=O)C(N)CN2C1.Cl. The molecule has 0 aromatic rings. The van der Waals surface area contributed by atoms with Gasteiger partial charge in [0.15, 0.2) is 5.78 Å². The number of carbonyl (C=O) groups excluding carboxylic acids is 2. The Balaban J connectivity index is 0.00000112. The van der Waals surface area contributed by atoms with Gasteiger partial charge in [0, 0.05) is 31.3 Å². The molecule has 2 N–H and O–H groups in total. The Morgan fingerprint density at radius 2 is 2.33 bits per heavy atom. The molecule has 1 fully saturated rings. The summed E-state index contributed by atoms with van der Waals surface area (Å²) in [6.45, 7) is 2.84. The largest absolute Gasteiger partial charge is 0.319 e. The van der Waals surface area contributed by atoms with Crippen molar-refractivity contribution in [2.75, 3.05) is 13.1 Å². The van der Waals surface area contributed by atoms with Crippen LogP contribution in [0.1, 0.15) is 13.3 Å². The van der Waals surface area contributed by atoms with E-state index in [9.17, 15) is 9.59 Å². The second kappa shape index (κ2) is 4.30. The van der Waals surface area contributed by atoms with Gasteiger partial charge in [-0.2, -0.15) is 0 Å². The van der Waals surface area contributed by atoms with Crippen molar-refractivity contribution in [3.05, 3.63) is 11.8 Å². The normalized spacial score (nSPS) is 24.9. The zero-order chi connectivity index (χ0) is 10.3. The lowest BCUT2D eigenvalue weighted by Gasteiger charge is -2.15. The van der Waals surface area contributed by atoms with Crippen LogP contribution in [0.4, 0.5) is 0 Å². The van der Waals surface area contributed by atoms with E-state index in [2.05, 4.69) is 0 Å². The topological polar surface area (TPSA) is 66.6 Å². The lowest BCUT2D eigenvalue weighted by atomic mass is 10.1. The summed E-state index contributed by atoms with van der Waals surface area (Å²) in [7, 11) is 0. The lowest BCUT2D eigenvalue weighted by molar-refractivity contribution is -0.132. The number of halogens is 1. The van der Waals surface area contributed by atoms with Gasteiger partial charge in [0.25, 0.3) is 5.91 Å². The molecule has 1 unspecified atom stereocenters. The van der Waals surface area contributed by atoms with E-state index in [1.165, 1.54) is 5.01 Å². The molecule has 84 valence electrons. The van der Waals surface area contributed by atoms with Crippen LogP contribution in [0.3, 0.4) is 0 Å². The smallest absolute Gasteiger partial charge is 0.259 e. The molecule has 5 nitrogen and oxygen atoms in total. The van der Waals surface area contributed by atoms with Crippen LogP contribution in [0, 0.1) is 0 Å². The Bertz CT molecular complexity index is 329. The maximum atomic E-state index is 11.4. The van der Waals surface area contributed by atoms with E-state index in [1.54, 1.807) is 11.2 Å². The number of nitrogens with zero attached hydrogens (tertiary/aromatic N) is 2.